The van der Waals surface area contributed by atoms with Crippen LogP contribution in [-0.2, 0) is 4.74 Å². The first-order valence-electron chi connectivity index (χ1n) is 9.44. The summed E-state index contributed by atoms with van der Waals surface area (Å²) in [7, 11) is 0. The van der Waals surface area contributed by atoms with Gasteiger partial charge in [0.15, 0.2) is 0 Å². The van der Waals surface area contributed by atoms with E-state index in [1.165, 1.54) is 5.56 Å². The van der Waals surface area contributed by atoms with Gasteiger partial charge in [-0.15, -0.1) is 0 Å². The number of nitrogens with one attached hydrogen (secondary N) is 2. The second-order valence-corrected chi connectivity index (χ2v) is 7.37. The quantitative estimate of drug-likeness (QED) is 0.729. The number of aryl methyl sites for hydroxylation is 1. The molecule has 1 fully saturated rings. The van der Waals surface area contributed by atoms with Gasteiger partial charge in [0.05, 0.1) is 17.9 Å². The van der Waals surface area contributed by atoms with Crippen LogP contribution in [0.3, 0.4) is 0 Å². The van der Waals surface area contributed by atoms with Gasteiger partial charge in [0.2, 0.25) is 0 Å². The van der Waals surface area contributed by atoms with Gasteiger partial charge in [-0.1, -0.05) is 24.3 Å². The minimum atomic E-state index is -0.288. The van der Waals surface area contributed by atoms with Crippen LogP contribution in [0, 0.1) is 19.3 Å². The van der Waals surface area contributed by atoms with Crippen LogP contribution in [0.4, 0.5) is 11.4 Å². The van der Waals surface area contributed by atoms with Crippen LogP contribution in [0.2, 0.25) is 0 Å². The maximum Gasteiger partial charge on any atom is 0.253 e. The Morgan fingerprint density at radius 3 is 2.52 bits per heavy atom. The van der Waals surface area contributed by atoms with Gasteiger partial charge < -0.3 is 20.5 Å². The fraction of sp³-hybridized carbons (Fsp3) is 0.409. The SMILES string of the molecule is Cc1cccc(Nc2ccccc2C(=O)NCC2(CO)CCOCC2)c1C. The van der Waals surface area contributed by atoms with Crippen molar-refractivity contribution in [2.24, 2.45) is 5.41 Å². The zero-order valence-corrected chi connectivity index (χ0v) is 16.0. The summed E-state index contributed by atoms with van der Waals surface area (Å²) in [5, 5.41) is 16.2. The molecule has 0 saturated carbocycles. The molecule has 0 atom stereocenters. The van der Waals surface area contributed by atoms with Crippen molar-refractivity contribution in [1.29, 1.82) is 0 Å². The summed E-state index contributed by atoms with van der Waals surface area (Å²) in [5.74, 6) is -0.136. The van der Waals surface area contributed by atoms with E-state index < -0.39 is 0 Å². The van der Waals surface area contributed by atoms with E-state index in [1.807, 2.05) is 36.4 Å². The highest BCUT2D eigenvalue weighted by molar-refractivity contribution is 6.00. The average molecular weight is 368 g/mol. The molecule has 3 N–H and O–H groups in total. The highest BCUT2D eigenvalue weighted by Crippen LogP contribution is 2.30. The molecule has 1 aliphatic rings. The number of hydrogen-bond donors (Lipinski definition) is 3. The monoisotopic (exact) mass is 368 g/mol. The molecule has 27 heavy (non-hydrogen) atoms. The molecular formula is C22H28N2O3. The molecule has 1 aliphatic heterocycles. The third kappa shape index (κ3) is 4.49. The van der Waals surface area contributed by atoms with Crippen molar-refractivity contribution in [3.8, 4) is 0 Å². The molecule has 0 unspecified atom stereocenters. The molecule has 0 bridgehead atoms. The van der Waals surface area contributed by atoms with E-state index in [4.69, 9.17) is 4.74 Å². The third-order valence-corrected chi connectivity index (χ3v) is 5.56. The normalized spacial score (nSPS) is 16.0. The second-order valence-electron chi connectivity index (χ2n) is 7.37. The Morgan fingerprint density at radius 1 is 1.07 bits per heavy atom. The number of amides is 1. The van der Waals surface area contributed by atoms with Crippen LogP contribution in [0.1, 0.15) is 34.3 Å². The fourth-order valence-corrected chi connectivity index (χ4v) is 3.38. The Bertz CT molecular complexity index is 798. The van der Waals surface area contributed by atoms with Crippen LogP contribution in [-0.4, -0.2) is 37.4 Å². The Hall–Kier alpha value is -2.37. The summed E-state index contributed by atoms with van der Waals surface area (Å²) in [4.78, 5) is 12.8. The zero-order valence-electron chi connectivity index (χ0n) is 16.0. The Morgan fingerprint density at radius 2 is 1.78 bits per heavy atom. The lowest BCUT2D eigenvalue weighted by atomic mass is 9.81. The molecular weight excluding hydrogens is 340 g/mol. The first-order chi connectivity index (χ1) is 13.0. The van der Waals surface area contributed by atoms with Crippen LogP contribution < -0.4 is 10.6 Å². The van der Waals surface area contributed by atoms with Gasteiger partial charge in [0.25, 0.3) is 5.91 Å². The van der Waals surface area contributed by atoms with Gasteiger partial charge in [-0.25, -0.2) is 0 Å². The standard InChI is InChI=1S/C22H28N2O3/c1-16-6-5-9-19(17(16)2)24-20-8-4-3-7-18(20)21(26)23-14-22(15-25)10-12-27-13-11-22/h3-9,24-25H,10-15H2,1-2H3,(H,23,26). The highest BCUT2D eigenvalue weighted by atomic mass is 16.5. The summed E-state index contributed by atoms with van der Waals surface area (Å²) in [6, 6.07) is 13.6. The Kier molecular flexibility index (Phi) is 6.14. The lowest BCUT2D eigenvalue weighted by Gasteiger charge is -2.35. The van der Waals surface area contributed by atoms with E-state index in [1.54, 1.807) is 0 Å². The van der Waals surface area contributed by atoms with Gasteiger partial charge in [0, 0.05) is 30.9 Å². The van der Waals surface area contributed by atoms with E-state index in [0.717, 1.165) is 29.8 Å². The zero-order chi connectivity index (χ0) is 19.3. The van der Waals surface area contributed by atoms with Crippen LogP contribution in [0.5, 0.6) is 0 Å². The predicted molar refractivity (Wildman–Crippen MR) is 108 cm³/mol. The van der Waals surface area contributed by atoms with E-state index in [9.17, 15) is 9.90 Å². The molecule has 1 amide bonds. The summed E-state index contributed by atoms with van der Waals surface area (Å²) in [5.41, 5.74) is 4.43. The van der Waals surface area contributed by atoms with Crippen molar-refractivity contribution < 1.29 is 14.6 Å². The summed E-state index contributed by atoms with van der Waals surface area (Å²) in [6.45, 7) is 5.89. The third-order valence-electron chi connectivity index (χ3n) is 5.56. The molecule has 0 spiro atoms. The number of rotatable bonds is 6. The van der Waals surface area contributed by atoms with Gasteiger partial charge in [-0.3, -0.25) is 4.79 Å². The van der Waals surface area contributed by atoms with E-state index >= 15 is 0 Å². The van der Waals surface area contributed by atoms with Crippen LogP contribution in [0.25, 0.3) is 0 Å². The van der Waals surface area contributed by atoms with E-state index in [-0.39, 0.29) is 17.9 Å². The van der Waals surface area contributed by atoms with Crippen LogP contribution in [0.15, 0.2) is 42.5 Å². The van der Waals surface area contributed by atoms with Gasteiger partial charge in [0.1, 0.15) is 0 Å². The first-order valence-corrected chi connectivity index (χ1v) is 9.44. The summed E-state index contributed by atoms with van der Waals surface area (Å²) in [6.07, 6.45) is 1.51. The van der Waals surface area contributed by atoms with Crippen molar-refractivity contribution in [2.75, 3.05) is 31.7 Å². The minimum absolute atomic E-state index is 0.0546. The van der Waals surface area contributed by atoms with Crippen molar-refractivity contribution in [1.82, 2.24) is 5.32 Å². The molecule has 0 aromatic heterocycles. The van der Waals surface area contributed by atoms with Gasteiger partial charge in [-0.2, -0.15) is 0 Å². The smallest absolute Gasteiger partial charge is 0.253 e. The molecule has 1 heterocycles. The molecule has 5 nitrogen and oxygen atoms in total. The number of carbonyl (C=O) groups excluding carboxylic acids is 1. The largest absolute Gasteiger partial charge is 0.396 e. The molecule has 2 aromatic carbocycles. The number of carbonyl (C=O) groups is 1. The number of hydrogen-bond acceptors (Lipinski definition) is 4. The number of anilines is 2. The van der Waals surface area contributed by atoms with Crippen molar-refractivity contribution in [3.63, 3.8) is 0 Å². The Labute approximate surface area is 160 Å². The maximum absolute atomic E-state index is 12.8. The van der Waals surface area contributed by atoms with Gasteiger partial charge >= 0.3 is 0 Å². The molecule has 2 aromatic rings. The summed E-state index contributed by atoms with van der Waals surface area (Å²) >= 11 is 0. The maximum atomic E-state index is 12.8. The number of benzene rings is 2. The van der Waals surface area contributed by atoms with E-state index in [2.05, 4.69) is 30.5 Å². The number of aliphatic hydroxyl groups excluding tert-OH is 1. The molecule has 1 saturated heterocycles. The van der Waals surface area contributed by atoms with Gasteiger partial charge in [-0.05, 0) is 56.0 Å². The van der Waals surface area contributed by atoms with Crippen molar-refractivity contribution in [2.45, 2.75) is 26.7 Å². The minimum Gasteiger partial charge on any atom is -0.396 e. The molecule has 3 rings (SSSR count). The lowest BCUT2D eigenvalue weighted by molar-refractivity contribution is -0.0146. The summed E-state index contributed by atoms with van der Waals surface area (Å²) < 4.78 is 5.39. The number of para-hydroxylation sites is 1. The van der Waals surface area contributed by atoms with Crippen molar-refractivity contribution >= 4 is 17.3 Å². The molecule has 0 radical (unpaired) electrons. The first kappa shape index (κ1) is 19.4. The molecule has 144 valence electrons. The fourth-order valence-electron chi connectivity index (χ4n) is 3.38. The highest BCUT2D eigenvalue weighted by Gasteiger charge is 2.32. The lowest BCUT2D eigenvalue weighted by Crippen LogP contribution is -2.43. The number of aliphatic hydroxyl groups is 1. The van der Waals surface area contributed by atoms with E-state index in [0.29, 0.717) is 25.3 Å². The molecule has 5 heteroatoms. The Balaban J connectivity index is 1.75. The van der Waals surface area contributed by atoms with Crippen molar-refractivity contribution in [3.05, 3.63) is 59.2 Å². The topological polar surface area (TPSA) is 70.6 Å². The van der Waals surface area contributed by atoms with Crippen LogP contribution >= 0.6 is 0 Å². The molecule has 0 aliphatic carbocycles. The average Bonchev–Trinajstić information content (AvgIpc) is 2.71. The second kappa shape index (κ2) is 8.55. The predicted octanol–water partition coefficient (Wildman–Crippen LogP) is 3.57. The number of ether oxygens (including phenoxy) is 1.